The van der Waals surface area contributed by atoms with Crippen LogP contribution in [0.3, 0.4) is 0 Å². The van der Waals surface area contributed by atoms with E-state index in [-0.39, 0.29) is 23.7 Å². The largest absolute Gasteiger partial charge is 0.346 e. The summed E-state index contributed by atoms with van der Waals surface area (Å²) in [6.07, 6.45) is 1.99. The molecule has 9 heteroatoms. The fourth-order valence-electron chi connectivity index (χ4n) is 2.41. The predicted octanol–water partition coefficient (Wildman–Crippen LogP) is 2.57. The fourth-order valence-corrected chi connectivity index (χ4v) is 2.88. The van der Waals surface area contributed by atoms with E-state index >= 15 is 0 Å². The summed E-state index contributed by atoms with van der Waals surface area (Å²) in [5.41, 5.74) is 1.81. The normalized spacial score (nSPS) is 13.2. The Labute approximate surface area is 163 Å². The standard InChI is InChI=1S/C18H15BrN6O2/c19-15-4-2-1-3-14(15)17(26)20-12-7-9-13(10-8-12)25-23-16(22-24-25)18(27)21-11-5-6-11/h1-4,7-11H,5-6H2,(H,20,26)(H,21,27). The Balaban J connectivity index is 1.44. The first-order valence-electron chi connectivity index (χ1n) is 8.37. The number of amides is 2. The average Bonchev–Trinajstić information content (AvgIpc) is 3.34. The van der Waals surface area contributed by atoms with Crippen LogP contribution in [-0.2, 0) is 0 Å². The van der Waals surface area contributed by atoms with Gasteiger partial charge in [0.25, 0.3) is 17.6 Å². The Bertz CT molecular complexity index is 997. The second-order valence-corrected chi connectivity index (χ2v) is 6.99. The van der Waals surface area contributed by atoms with E-state index in [1.807, 2.05) is 12.1 Å². The number of halogens is 1. The minimum Gasteiger partial charge on any atom is -0.346 e. The maximum Gasteiger partial charge on any atom is 0.293 e. The topological polar surface area (TPSA) is 102 Å². The van der Waals surface area contributed by atoms with E-state index in [1.54, 1.807) is 36.4 Å². The number of nitrogens with zero attached hydrogens (tertiary/aromatic N) is 4. The molecule has 2 amide bonds. The number of hydrogen-bond acceptors (Lipinski definition) is 5. The van der Waals surface area contributed by atoms with Gasteiger partial charge < -0.3 is 10.6 Å². The minimum atomic E-state index is -0.318. The van der Waals surface area contributed by atoms with Crippen molar-refractivity contribution < 1.29 is 9.59 Å². The van der Waals surface area contributed by atoms with Crippen molar-refractivity contribution in [2.75, 3.05) is 5.32 Å². The van der Waals surface area contributed by atoms with Crippen LogP contribution in [-0.4, -0.2) is 38.1 Å². The molecule has 0 atom stereocenters. The van der Waals surface area contributed by atoms with E-state index in [0.29, 0.717) is 16.9 Å². The number of carbonyl (C=O) groups is 2. The van der Waals surface area contributed by atoms with Crippen LogP contribution in [0.4, 0.5) is 5.69 Å². The summed E-state index contributed by atoms with van der Waals surface area (Å²) in [6.45, 7) is 0. The molecule has 1 aliphatic carbocycles. The highest BCUT2D eigenvalue weighted by Gasteiger charge is 2.25. The molecule has 1 aromatic heterocycles. The van der Waals surface area contributed by atoms with Crippen LogP contribution in [0.1, 0.15) is 33.8 Å². The molecule has 1 aliphatic rings. The van der Waals surface area contributed by atoms with Crippen molar-refractivity contribution in [3.63, 3.8) is 0 Å². The molecule has 0 saturated heterocycles. The van der Waals surface area contributed by atoms with Crippen LogP contribution >= 0.6 is 15.9 Å². The molecule has 1 heterocycles. The van der Waals surface area contributed by atoms with Gasteiger partial charge in [-0.2, -0.15) is 0 Å². The smallest absolute Gasteiger partial charge is 0.293 e. The first-order valence-corrected chi connectivity index (χ1v) is 9.16. The highest BCUT2D eigenvalue weighted by Crippen LogP contribution is 2.20. The molecule has 1 fully saturated rings. The molecular formula is C18H15BrN6O2. The van der Waals surface area contributed by atoms with Gasteiger partial charge in [0.15, 0.2) is 0 Å². The molecule has 136 valence electrons. The van der Waals surface area contributed by atoms with Crippen LogP contribution in [0.5, 0.6) is 0 Å². The Morgan fingerprint density at radius 2 is 1.78 bits per heavy atom. The third kappa shape index (κ3) is 4.03. The van der Waals surface area contributed by atoms with E-state index in [9.17, 15) is 9.59 Å². The highest BCUT2D eigenvalue weighted by molar-refractivity contribution is 9.10. The van der Waals surface area contributed by atoms with E-state index < -0.39 is 0 Å². The van der Waals surface area contributed by atoms with Gasteiger partial charge in [-0.05, 0) is 70.4 Å². The van der Waals surface area contributed by atoms with Gasteiger partial charge in [0.05, 0.1) is 11.3 Å². The van der Waals surface area contributed by atoms with Gasteiger partial charge >= 0.3 is 0 Å². The Morgan fingerprint density at radius 1 is 1.04 bits per heavy atom. The third-order valence-electron chi connectivity index (χ3n) is 4.00. The summed E-state index contributed by atoms with van der Waals surface area (Å²) in [6, 6.07) is 14.4. The molecule has 1 saturated carbocycles. The van der Waals surface area contributed by atoms with Crippen molar-refractivity contribution in [3.05, 3.63) is 64.4 Å². The van der Waals surface area contributed by atoms with Crippen LogP contribution in [0.15, 0.2) is 53.0 Å². The van der Waals surface area contributed by atoms with Crippen molar-refractivity contribution in [1.29, 1.82) is 0 Å². The molecule has 2 N–H and O–H groups in total. The van der Waals surface area contributed by atoms with Gasteiger partial charge in [-0.3, -0.25) is 9.59 Å². The predicted molar refractivity (Wildman–Crippen MR) is 102 cm³/mol. The van der Waals surface area contributed by atoms with Crippen LogP contribution in [0, 0.1) is 0 Å². The summed E-state index contributed by atoms with van der Waals surface area (Å²) in [7, 11) is 0. The van der Waals surface area contributed by atoms with Gasteiger partial charge in [-0.25, -0.2) is 0 Å². The van der Waals surface area contributed by atoms with Crippen molar-refractivity contribution in [2.45, 2.75) is 18.9 Å². The van der Waals surface area contributed by atoms with Crippen molar-refractivity contribution in [1.82, 2.24) is 25.5 Å². The zero-order chi connectivity index (χ0) is 18.8. The molecule has 0 unspecified atom stereocenters. The molecule has 8 nitrogen and oxygen atoms in total. The van der Waals surface area contributed by atoms with Crippen molar-refractivity contribution in [3.8, 4) is 5.69 Å². The Hall–Kier alpha value is -3.07. The molecule has 0 radical (unpaired) electrons. The number of anilines is 1. The van der Waals surface area contributed by atoms with Gasteiger partial charge in [-0.15, -0.1) is 15.0 Å². The summed E-state index contributed by atoms with van der Waals surface area (Å²) in [4.78, 5) is 25.6. The summed E-state index contributed by atoms with van der Waals surface area (Å²) >= 11 is 3.36. The molecule has 2 aromatic carbocycles. The second-order valence-electron chi connectivity index (χ2n) is 6.13. The van der Waals surface area contributed by atoms with Gasteiger partial charge in [0, 0.05) is 16.2 Å². The Kier molecular flexibility index (Phi) is 4.68. The molecule has 3 aromatic rings. The maximum absolute atomic E-state index is 12.3. The lowest BCUT2D eigenvalue weighted by Gasteiger charge is -2.07. The number of tetrazole rings is 1. The number of aromatic nitrogens is 4. The van der Waals surface area contributed by atoms with Crippen LogP contribution < -0.4 is 10.6 Å². The van der Waals surface area contributed by atoms with Gasteiger partial charge in [-0.1, -0.05) is 12.1 Å². The number of nitrogens with one attached hydrogen (secondary N) is 2. The number of benzene rings is 2. The first-order chi connectivity index (χ1) is 13.1. The lowest BCUT2D eigenvalue weighted by molar-refractivity contribution is 0.0939. The van der Waals surface area contributed by atoms with E-state index in [0.717, 1.165) is 17.3 Å². The molecule has 27 heavy (non-hydrogen) atoms. The van der Waals surface area contributed by atoms with E-state index in [4.69, 9.17) is 0 Å². The number of rotatable bonds is 5. The summed E-state index contributed by atoms with van der Waals surface area (Å²) in [5.74, 6) is -0.498. The molecule has 4 rings (SSSR count). The quantitative estimate of drug-likeness (QED) is 0.652. The second kappa shape index (κ2) is 7.28. The minimum absolute atomic E-state index is 0.0354. The van der Waals surface area contributed by atoms with E-state index in [2.05, 4.69) is 42.0 Å². The molecule has 0 aliphatic heterocycles. The molecule has 0 spiro atoms. The van der Waals surface area contributed by atoms with Crippen molar-refractivity contribution in [2.24, 2.45) is 0 Å². The molecular weight excluding hydrogens is 412 g/mol. The summed E-state index contributed by atoms with van der Waals surface area (Å²) in [5, 5.41) is 17.4. The molecule has 0 bridgehead atoms. The maximum atomic E-state index is 12.3. The lowest BCUT2D eigenvalue weighted by atomic mass is 10.2. The van der Waals surface area contributed by atoms with Gasteiger partial charge in [0.2, 0.25) is 0 Å². The zero-order valence-corrected chi connectivity index (χ0v) is 15.7. The number of carbonyl (C=O) groups excluding carboxylic acids is 2. The zero-order valence-electron chi connectivity index (χ0n) is 14.1. The van der Waals surface area contributed by atoms with Crippen LogP contribution in [0.2, 0.25) is 0 Å². The first kappa shape index (κ1) is 17.3. The average molecular weight is 427 g/mol. The van der Waals surface area contributed by atoms with Crippen LogP contribution in [0.25, 0.3) is 5.69 Å². The SMILES string of the molecule is O=C(NC1CC1)c1nnn(-c2ccc(NC(=O)c3ccccc3Br)cc2)n1. The Morgan fingerprint density at radius 3 is 2.48 bits per heavy atom. The third-order valence-corrected chi connectivity index (χ3v) is 4.70. The van der Waals surface area contributed by atoms with E-state index in [1.165, 1.54) is 4.80 Å². The van der Waals surface area contributed by atoms with Gasteiger partial charge in [0.1, 0.15) is 0 Å². The monoisotopic (exact) mass is 426 g/mol. The van der Waals surface area contributed by atoms with Crippen molar-refractivity contribution >= 4 is 33.4 Å². The fraction of sp³-hybridized carbons (Fsp3) is 0.167. The lowest BCUT2D eigenvalue weighted by Crippen LogP contribution is -2.26. The highest BCUT2D eigenvalue weighted by atomic mass is 79.9. The number of hydrogen-bond donors (Lipinski definition) is 2. The summed E-state index contributed by atoms with van der Waals surface area (Å²) < 4.78 is 0.725.